The van der Waals surface area contributed by atoms with E-state index in [1.807, 2.05) is 6.92 Å². The van der Waals surface area contributed by atoms with Crippen LogP contribution in [-0.4, -0.2) is 18.4 Å². The molecular weight excluding hydrogens is 240 g/mol. The molecule has 1 aliphatic heterocycles. The van der Waals surface area contributed by atoms with Gasteiger partial charge in [0, 0.05) is 12.1 Å². The molecule has 0 spiro atoms. The maximum atomic E-state index is 13.5. The van der Waals surface area contributed by atoms with Gasteiger partial charge in [0.15, 0.2) is 5.96 Å². The van der Waals surface area contributed by atoms with Crippen molar-refractivity contribution in [2.75, 3.05) is 6.54 Å². The lowest BCUT2D eigenvalue weighted by Crippen LogP contribution is -2.25. The smallest absolute Gasteiger partial charge is 0.254 e. The number of rotatable bonds is 3. The summed E-state index contributed by atoms with van der Waals surface area (Å²) >= 11 is 0. The fourth-order valence-electron chi connectivity index (χ4n) is 1.69. The monoisotopic (exact) mass is 253 g/mol. The molecule has 1 saturated heterocycles. The van der Waals surface area contributed by atoms with Gasteiger partial charge in [0.1, 0.15) is 17.7 Å². The molecule has 6 heteroatoms. The van der Waals surface area contributed by atoms with E-state index in [1.165, 1.54) is 0 Å². The number of guanidine groups is 1. The molecular formula is C12H13F2N3O. The summed E-state index contributed by atoms with van der Waals surface area (Å²) in [6, 6.07) is 2.09. The quantitative estimate of drug-likeness (QED) is 0.857. The fraction of sp³-hybridized carbons (Fsp3) is 0.333. The Morgan fingerprint density at radius 3 is 2.89 bits per heavy atom. The van der Waals surface area contributed by atoms with Gasteiger partial charge >= 0.3 is 0 Å². The predicted octanol–water partition coefficient (Wildman–Crippen LogP) is 1.49. The number of carbonyl (C=O) groups excluding carboxylic acids is 1. The molecule has 1 amide bonds. The number of amides is 1. The van der Waals surface area contributed by atoms with Gasteiger partial charge in [-0.05, 0) is 24.6 Å². The highest BCUT2D eigenvalue weighted by Crippen LogP contribution is 2.20. The van der Waals surface area contributed by atoms with Crippen molar-refractivity contribution >= 4 is 11.9 Å². The number of carbonyl (C=O) groups is 1. The summed E-state index contributed by atoms with van der Waals surface area (Å²) in [7, 11) is 0. The number of nitrogens with one attached hydrogen (secondary N) is 2. The zero-order valence-corrected chi connectivity index (χ0v) is 9.84. The zero-order chi connectivity index (χ0) is 13.1. The Hall–Kier alpha value is -1.98. The Balaban J connectivity index is 2.24. The lowest BCUT2D eigenvalue weighted by molar-refractivity contribution is -0.120. The molecule has 0 bridgehead atoms. The first-order chi connectivity index (χ1) is 8.61. The highest BCUT2D eigenvalue weighted by molar-refractivity contribution is 6.06. The molecule has 1 aromatic rings. The van der Waals surface area contributed by atoms with Gasteiger partial charge in [-0.15, -0.1) is 0 Å². The van der Waals surface area contributed by atoms with Gasteiger partial charge < -0.3 is 5.32 Å². The largest absolute Gasteiger partial charge is 0.340 e. The van der Waals surface area contributed by atoms with Crippen LogP contribution in [0.5, 0.6) is 0 Å². The van der Waals surface area contributed by atoms with E-state index < -0.39 is 23.6 Å². The number of aliphatic imine (C=N–C) groups is 1. The zero-order valence-electron chi connectivity index (χ0n) is 9.84. The lowest BCUT2D eigenvalue weighted by atomic mass is 10.1. The molecule has 18 heavy (non-hydrogen) atoms. The standard InChI is InChI=1S/C12H13F2N3O/c1-2-5-15-12-16-10(11(18)17-12)8-6-7(13)3-4-9(8)14/h3-4,6,10H,2,5H2,1H3,(H2,15,16,17,18). The predicted molar refractivity (Wildman–Crippen MR) is 63.0 cm³/mol. The Bertz CT molecular complexity index is 502. The van der Waals surface area contributed by atoms with E-state index in [4.69, 9.17) is 0 Å². The third-order valence-electron chi connectivity index (χ3n) is 2.55. The van der Waals surface area contributed by atoms with E-state index in [2.05, 4.69) is 15.6 Å². The van der Waals surface area contributed by atoms with Crippen LogP contribution in [0.1, 0.15) is 24.9 Å². The first-order valence-corrected chi connectivity index (χ1v) is 5.68. The first-order valence-electron chi connectivity index (χ1n) is 5.68. The highest BCUT2D eigenvalue weighted by atomic mass is 19.1. The summed E-state index contributed by atoms with van der Waals surface area (Å²) in [5.41, 5.74) is -0.0193. The van der Waals surface area contributed by atoms with Gasteiger partial charge in [-0.1, -0.05) is 6.92 Å². The van der Waals surface area contributed by atoms with E-state index in [-0.39, 0.29) is 5.56 Å². The van der Waals surface area contributed by atoms with E-state index in [9.17, 15) is 13.6 Å². The van der Waals surface area contributed by atoms with Crippen LogP contribution in [0, 0.1) is 11.6 Å². The SMILES string of the molecule is CCCN=C1NC(=O)C(c2cc(F)ccc2F)N1. The van der Waals surface area contributed by atoms with Crippen molar-refractivity contribution in [2.45, 2.75) is 19.4 Å². The van der Waals surface area contributed by atoms with Crippen LogP contribution in [-0.2, 0) is 4.79 Å². The Morgan fingerprint density at radius 2 is 2.17 bits per heavy atom. The summed E-state index contributed by atoms with van der Waals surface area (Å²) in [6.45, 7) is 2.51. The Morgan fingerprint density at radius 1 is 1.39 bits per heavy atom. The van der Waals surface area contributed by atoms with Crippen LogP contribution < -0.4 is 10.6 Å². The van der Waals surface area contributed by atoms with Crippen LogP contribution in [0.3, 0.4) is 0 Å². The van der Waals surface area contributed by atoms with Crippen LogP contribution in [0.2, 0.25) is 0 Å². The van der Waals surface area contributed by atoms with Crippen molar-refractivity contribution in [3.05, 3.63) is 35.4 Å². The maximum absolute atomic E-state index is 13.5. The van der Waals surface area contributed by atoms with Crippen molar-refractivity contribution in [2.24, 2.45) is 4.99 Å². The average Bonchev–Trinajstić information content (AvgIpc) is 2.71. The second kappa shape index (κ2) is 5.12. The summed E-state index contributed by atoms with van der Waals surface area (Å²) in [5.74, 6) is -1.34. The van der Waals surface area contributed by atoms with E-state index in [1.54, 1.807) is 0 Å². The van der Waals surface area contributed by atoms with E-state index in [0.29, 0.717) is 12.5 Å². The van der Waals surface area contributed by atoms with Crippen LogP contribution in [0.15, 0.2) is 23.2 Å². The molecule has 1 heterocycles. The number of halogens is 2. The molecule has 96 valence electrons. The van der Waals surface area contributed by atoms with Gasteiger partial charge in [-0.25, -0.2) is 8.78 Å². The van der Waals surface area contributed by atoms with Crippen molar-refractivity contribution < 1.29 is 13.6 Å². The van der Waals surface area contributed by atoms with Gasteiger partial charge in [0.25, 0.3) is 5.91 Å². The van der Waals surface area contributed by atoms with Crippen molar-refractivity contribution in [3.8, 4) is 0 Å². The molecule has 1 aliphatic rings. The van der Waals surface area contributed by atoms with Crippen LogP contribution >= 0.6 is 0 Å². The third kappa shape index (κ3) is 2.47. The molecule has 0 aromatic heterocycles. The fourth-order valence-corrected chi connectivity index (χ4v) is 1.69. The summed E-state index contributed by atoms with van der Waals surface area (Å²) < 4.78 is 26.6. The molecule has 0 aliphatic carbocycles. The van der Waals surface area contributed by atoms with Gasteiger partial charge in [-0.2, -0.15) is 0 Å². The van der Waals surface area contributed by atoms with E-state index >= 15 is 0 Å². The van der Waals surface area contributed by atoms with Crippen LogP contribution in [0.4, 0.5) is 8.78 Å². The van der Waals surface area contributed by atoms with Gasteiger partial charge in [0.05, 0.1) is 0 Å². The minimum atomic E-state index is -0.934. The number of hydrogen-bond acceptors (Lipinski definition) is 2. The highest BCUT2D eigenvalue weighted by Gasteiger charge is 2.31. The number of nitrogens with zero attached hydrogens (tertiary/aromatic N) is 1. The van der Waals surface area contributed by atoms with Crippen molar-refractivity contribution in [3.63, 3.8) is 0 Å². The van der Waals surface area contributed by atoms with Crippen molar-refractivity contribution in [1.82, 2.24) is 10.6 Å². The molecule has 2 N–H and O–H groups in total. The Labute approximate surface area is 103 Å². The molecule has 0 saturated carbocycles. The maximum Gasteiger partial charge on any atom is 0.254 e. The molecule has 0 radical (unpaired) electrons. The van der Waals surface area contributed by atoms with Gasteiger partial charge in [0.2, 0.25) is 0 Å². The lowest BCUT2D eigenvalue weighted by Gasteiger charge is -2.09. The summed E-state index contributed by atoms with van der Waals surface area (Å²) in [6.07, 6.45) is 0.833. The molecule has 1 fully saturated rings. The summed E-state index contributed by atoms with van der Waals surface area (Å²) in [4.78, 5) is 15.7. The second-order valence-electron chi connectivity index (χ2n) is 3.96. The first kappa shape index (κ1) is 12.5. The molecule has 1 atom stereocenters. The Kier molecular flexibility index (Phi) is 3.55. The van der Waals surface area contributed by atoms with Crippen LogP contribution in [0.25, 0.3) is 0 Å². The van der Waals surface area contributed by atoms with Gasteiger partial charge in [-0.3, -0.25) is 15.1 Å². The summed E-state index contributed by atoms with van der Waals surface area (Å²) in [5, 5.41) is 5.24. The normalized spacial score (nSPS) is 20.9. The minimum absolute atomic E-state index is 0.0193. The van der Waals surface area contributed by atoms with E-state index in [0.717, 1.165) is 24.6 Å². The third-order valence-corrected chi connectivity index (χ3v) is 2.55. The minimum Gasteiger partial charge on any atom is -0.340 e. The topological polar surface area (TPSA) is 53.5 Å². The second-order valence-corrected chi connectivity index (χ2v) is 3.96. The average molecular weight is 253 g/mol. The molecule has 2 rings (SSSR count). The number of benzene rings is 1. The number of hydrogen-bond donors (Lipinski definition) is 2. The molecule has 4 nitrogen and oxygen atoms in total. The molecule has 1 unspecified atom stereocenters. The molecule has 1 aromatic carbocycles. The van der Waals surface area contributed by atoms with Crippen molar-refractivity contribution in [1.29, 1.82) is 0 Å².